The van der Waals surface area contributed by atoms with E-state index in [4.69, 9.17) is 33.7 Å². The lowest BCUT2D eigenvalue weighted by atomic mass is 10.2. The predicted octanol–water partition coefficient (Wildman–Crippen LogP) is 7.39. The quantitative estimate of drug-likeness (QED) is 0.227. The third kappa shape index (κ3) is 4.63. The van der Waals surface area contributed by atoms with Crippen LogP contribution in [0.3, 0.4) is 0 Å². The van der Waals surface area contributed by atoms with Gasteiger partial charge in [0.25, 0.3) is 0 Å². The Morgan fingerprint density at radius 3 is 2.18 bits per heavy atom. The number of rotatable bonds is 3. The van der Waals surface area contributed by atoms with Crippen molar-refractivity contribution in [2.45, 2.75) is 19.3 Å². The van der Waals surface area contributed by atoms with Crippen LogP contribution in [0.15, 0.2) is 42.5 Å². The third-order valence-electron chi connectivity index (χ3n) is 5.38. The summed E-state index contributed by atoms with van der Waals surface area (Å²) in [6.45, 7) is 1.81. The van der Waals surface area contributed by atoms with Gasteiger partial charge in [-0.05, 0) is 43.3 Å². The van der Waals surface area contributed by atoms with Crippen molar-refractivity contribution in [2.75, 3.05) is 5.73 Å². The van der Waals surface area contributed by atoms with Crippen molar-refractivity contribution in [3.05, 3.63) is 69.5 Å². The Hall–Kier alpha value is -3.84. The first kappa shape index (κ1) is 25.8. The number of hydrogen-bond acceptors (Lipinski definition) is 6. The molecule has 2 aromatic carbocycles. The van der Waals surface area contributed by atoms with Gasteiger partial charge >= 0.3 is 18.4 Å². The zero-order valence-electron chi connectivity index (χ0n) is 18.8. The van der Waals surface area contributed by atoms with Crippen molar-refractivity contribution < 1.29 is 31.1 Å². The molecule has 0 unspecified atom stereocenters. The molecule has 0 aliphatic heterocycles. The Morgan fingerprint density at radius 1 is 0.868 bits per heavy atom. The average molecular weight is 573 g/mol. The lowest BCUT2D eigenvalue weighted by Crippen LogP contribution is -2.11. The summed E-state index contributed by atoms with van der Waals surface area (Å²) in [5.74, 6) is -0.522. The normalized spacial score (nSPS) is 12.4. The number of nitrogen functional groups attached to an aromatic ring is 1. The molecule has 0 aliphatic rings. The molecule has 0 radical (unpaired) electrons. The number of alkyl halides is 6. The molecular formula is C23H12Cl2F6N6O. The summed E-state index contributed by atoms with van der Waals surface area (Å²) in [7, 11) is 0. The van der Waals surface area contributed by atoms with Crippen molar-refractivity contribution >= 4 is 51.0 Å². The number of aryl methyl sites for hydroxylation is 1. The number of fused-ring (bicyclic) bond motifs is 2. The van der Waals surface area contributed by atoms with Crippen LogP contribution in [0.1, 0.15) is 17.0 Å². The largest absolute Gasteiger partial charge is 0.434 e. The Morgan fingerprint density at radius 2 is 1.55 bits per heavy atom. The highest BCUT2D eigenvalue weighted by Crippen LogP contribution is 2.41. The molecule has 196 valence electrons. The molecule has 5 aromatic rings. The van der Waals surface area contributed by atoms with Gasteiger partial charge in [0.05, 0.1) is 26.5 Å². The zero-order valence-corrected chi connectivity index (χ0v) is 20.3. The standard InChI is InChI=1S/C23H12Cl2F6N6O/c1-9-2-3-10-6-12(4-5-15(10)33-9)38-21-34-18(23(29,30)31)16-19(32)37(36-20(16)35-21)17-13(24)7-11(8-14(17)25)22(26,27)28/h2-8H,32H2,1H3. The zero-order chi connectivity index (χ0) is 27.6. The molecule has 0 aliphatic carbocycles. The van der Waals surface area contributed by atoms with Gasteiger partial charge in [0.1, 0.15) is 17.3 Å². The summed E-state index contributed by atoms with van der Waals surface area (Å²) >= 11 is 12.0. The fraction of sp³-hybridized carbons (Fsp3) is 0.130. The Labute approximate surface area is 218 Å². The number of benzene rings is 2. The molecule has 3 heterocycles. The second kappa shape index (κ2) is 8.88. The summed E-state index contributed by atoms with van der Waals surface area (Å²) in [5, 5.41) is 2.77. The maximum atomic E-state index is 14.0. The lowest BCUT2D eigenvalue weighted by molar-refractivity contribution is -0.140. The SMILES string of the molecule is Cc1ccc2cc(Oc3nc(C(F)(F)F)c4c(N)n(-c5c(Cl)cc(C(F)(F)F)cc5Cl)nc4n3)ccc2n1. The molecule has 38 heavy (non-hydrogen) atoms. The van der Waals surface area contributed by atoms with E-state index in [1.54, 1.807) is 25.1 Å². The Kier molecular flexibility index (Phi) is 6.03. The summed E-state index contributed by atoms with van der Waals surface area (Å²) in [4.78, 5) is 11.8. The number of halogens is 8. The topological polar surface area (TPSA) is 91.7 Å². The lowest BCUT2D eigenvalue weighted by Gasteiger charge is -2.13. The molecule has 0 bridgehead atoms. The van der Waals surface area contributed by atoms with Crippen LogP contribution in [0.25, 0.3) is 27.6 Å². The van der Waals surface area contributed by atoms with Crippen LogP contribution in [0.5, 0.6) is 11.8 Å². The van der Waals surface area contributed by atoms with E-state index in [9.17, 15) is 26.3 Å². The van der Waals surface area contributed by atoms with Crippen molar-refractivity contribution in [3.8, 4) is 17.4 Å². The summed E-state index contributed by atoms with van der Waals surface area (Å²) in [6, 6.07) is 8.55. The second-order valence-corrected chi connectivity index (χ2v) is 8.86. The van der Waals surface area contributed by atoms with Gasteiger partial charge in [-0.2, -0.15) is 36.3 Å². The number of aromatic nitrogens is 5. The summed E-state index contributed by atoms with van der Waals surface area (Å²) in [6.07, 6.45) is -9.80. The van der Waals surface area contributed by atoms with E-state index in [2.05, 4.69) is 20.1 Å². The van der Waals surface area contributed by atoms with Crippen LogP contribution in [0.4, 0.5) is 32.2 Å². The number of nitrogens with zero attached hydrogens (tertiary/aromatic N) is 5. The van der Waals surface area contributed by atoms with Crippen LogP contribution in [0, 0.1) is 6.92 Å². The smallest absolute Gasteiger partial charge is 0.424 e. The van der Waals surface area contributed by atoms with E-state index in [0.717, 1.165) is 5.69 Å². The molecule has 0 saturated heterocycles. The first-order valence-corrected chi connectivity index (χ1v) is 11.2. The molecule has 5 rings (SSSR count). The van der Waals surface area contributed by atoms with E-state index >= 15 is 0 Å². The van der Waals surface area contributed by atoms with Gasteiger partial charge in [-0.15, -0.1) is 5.10 Å². The van der Waals surface area contributed by atoms with E-state index < -0.39 is 56.5 Å². The monoisotopic (exact) mass is 572 g/mol. The minimum atomic E-state index is -5.03. The molecule has 7 nitrogen and oxygen atoms in total. The number of ether oxygens (including phenoxy) is 1. The maximum Gasteiger partial charge on any atom is 0.434 e. The number of anilines is 1. The highest BCUT2D eigenvalue weighted by molar-refractivity contribution is 6.38. The van der Waals surface area contributed by atoms with Gasteiger partial charge in [-0.1, -0.05) is 29.3 Å². The molecule has 3 aromatic heterocycles. The first-order chi connectivity index (χ1) is 17.7. The van der Waals surface area contributed by atoms with Crippen molar-refractivity contribution in [2.24, 2.45) is 0 Å². The van der Waals surface area contributed by atoms with Crippen LogP contribution < -0.4 is 10.5 Å². The molecule has 0 amide bonds. The number of hydrogen-bond donors (Lipinski definition) is 1. The fourth-order valence-corrected chi connectivity index (χ4v) is 4.37. The van der Waals surface area contributed by atoms with Gasteiger partial charge in [0, 0.05) is 11.1 Å². The highest BCUT2D eigenvalue weighted by Gasteiger charge is 2.39. The van der Waals surface area contributed by atoms with Gasteiger partial charge in [-0.3, -0.25) is 4.98 Å². The molecule has 0 spiro atoms. The fourth-order valence-electron chi connectivity index (χ4n) is 3.72. The van der Waals surface area contributed by atoms with E-state index in [1.807, 2.05) is 0 Å². The molecule has 0 saturated carbocycles. The number of nitrogens with two attached hydrogens (primary N) is 1. The summed E-state index contributed by atoms with van der Waals surface area (Å²) in [5.41, 5.74) is 3.79. The number of pyridine rings is 1. The van der Waals surface area contributed by atoms with Crippen LogP contribution in [-0.2, 0) is 12.4 Å². The minimum absolute atomic E-state index is 0.122. The van der Waals surface area contributed by atoms with E-state index in [-0.39, 0.29) is 11.4 Å². The predicted molar refractivity (Wildman–Crippen MR) is 128 cm³/mol. The highest BCUT2D eigenvalue weighted by atomic mass is 35.5. The summed E-state index contributed by atoms with van der Waals surface area (Å²) < 4.78 is 87.5. The molecule has 2 N–H and O–H groups in total. The van der Waals surface area contributed by atoms with Crippen LogP contribution >= 0.6 is 23.2 Å². The van der Waals surface area contributed by atoms with Crippen LogP contribution in [-0.4, -0.2) is 24.7 Å². The van der Waals surface area contributed by atoms with E-state index in [1.165, 1.54) is 12.1 Å². The van der Waals surface area contributed by atoms with Crippen molar-refractivity contribution in [1.29, 1.82) is 0 Å². The first-order valence-electron chi connectivity index (χ1n) is 10.5. The molecular weight excluding hydrogens is 561 g/mol. The molecule has 0 fully saturated rings. The Balaban J connectivity index is 1.65. The van der Waals surface area contributed by atoms with Gasteiger partial charge < -0.3 is 10.5 Å². The third-order valence-corrected chi connectivity index (χ3v) is 5.96. The van der Waals surface area contributed by atoms with Crippen LogP contribution in [0.2, 0.25) is 10.0 Å². The van der Waals surface area contributed by atoms with Gasteiger partial charge in [-0.25, -0.2) is 4.68 Å². The van der Waals surface area contributed by atoms with Gasteiger partial charge in [0.2, 0.25) is 0 Å². The molecule has 0 atom stereocenters. The maximum absolute atomic E-state index is 14.0. The van der Waals surface area contributed by atoms with Crippen molar-refractivity contribution in [1.82, 2.24) is 24.7 Å². The second-order valence-electron chi connectivity index (χ2n) is 8.04. The average Bonchev–Trinajstić information content (AvgIpc) is 3.12. The van der Waals surface area contributed by atoms with E-state index in [0.29, 0.717) is 27.7 Å². The minimum Gasteiger partial charge on any atom is -0.424 e. The van der Waals surface area contributed by atoms with Gasteiger partial charge in [0.15, 0.2) is 11.3 Å². The van der Waals surface area contributed by atoms with Crippen molar-refractivity contribution in [3.63, 3.8) is 0 Å². The molecule has 15 heteroatoms. The Bertz CT molecular complexity index is 1710.